The van der Waals surface area contributed by atoms with Crippen molar-refractivity contribution in [3.63, 3.8) is 0 Å². The average molecular weight is 332 g/mol. The molecule has 0 aliphatic heterocycles. The Morgan fingerprint density at radius 3 is 2.61 bits per heavy atom. The number of aryl methyl sites for hydroxylation is 4. The van der Waals surface area contributed by atoms with Crippen LogP contribution < -0.4 is 10.1 Å². The maximum Gasteiger partial charge on any atom is 0.220 e. The summed E-state index contributed by atoms with van der Waals surface area (Å²) >= 11 is 1.61. The molecular weight excluding hydrogens is 308 g/mol. The lowest BCUT2D eigenvalue weighted by Crippen LogP contribution is -2.37. The van der Waals surface area contributed by atoms with Gasteiger partial charge in [0.05, 0.1) is 17.2 Å². The van der Waals surface area contributed by atoms with E-state index in [1.165, 1.54) is 4.88 Å². The number of nitrogens with zero attached hydrogens (tertiary/aromatic N) is 1. The number of nitrogens with one attached hydrogen (secondary N) is 1. The molecule has 0 aliphatic rings. The molecule has 124 valence electrons. The second-order valence-electron chi connectivity index (χ2n) is 5.86. The first kappa shape index (κ1) is 17.5. The Morgan fingerprint density at radius 1 is 1.30 bits per heavy atom. The van der Waals surface area contributed by atoms with Gasteiger partial charge in [0.1, 0.15) is 12.4 Å². The molecule has 0 saturated carbocycles. The molecule has 0 aliphatic carbocycles. The Balaban J connectivity index is 1.77. The van der Waals surface area contributed by atoms with Gasteiger partial charge in [0.2, 0.25) is 5.91 Å². The molecule has 0 radical (unpaired) electrons. The first-order chi connectivity index (χ1) is 11.0. The number of carbonyl (C=O) groups excluding carboxylic acids is 1. The molecule has 0 spiro atoms. The minimum atomic E-state index is -0.0240. The quantitative estimate of drug-likeness (QED) is 0.843. The zero-order valence-corrected chi connectivity index (χ0v) is 15.0. The maximum atomic E-state index is 12.0. The maximum absolute atomic E-state index is 12.0. The van der Waals surface area contributed by atoms with Crippen molar-refractivity contribution >= 4 is 17.2 Å². The van der Waals surface area contributed by atoms with Gasteiger partial charge in [-0.1, -0.05) is 18.2 Å². The van der Waals surface area contributed by atoms with Crippen molar-refractivity contribution in [1.29, 1.82) is 0 Å². The molecule has 1 amide bonds. The summed E-state index contributed by atoms with van der Waals surface area (Å²) in [7, 11) is 0. The summed E-state index contributed by atoms with van der Waals surface area (Å²) in [6.07, 6.45) is 1.23. The Labute approximate surface area is 141 Å². The Hall–Kier alpha value is -1.88. The zero-order valence-electron chi connectivity index (χ0n) is 14.2. The van der Waals surface area contributed by atoms with E-state index in [1.54, 1.807) is 11.3 Å². The summed E-state index contributed by atoms with van der Waals surface area (Å²) in [5.74, 6) is 0.962. The largest absolute Gasteiger partial charge is 0.491 e. The van der Waals surface area contributed by atoms with Crippen LogP contribution in [0.2, 0.25) is 0 Å². The van der Waals surface area contributed by atoms with Crippen LogP contribution in [0.5, 0.6) is 5.75 Å². The number of thiazole rings is 1. The van der Waals surface area contributed by atoms with Gasteiger partial charge < -0.3 is 10.1 Å². The van der Waals surface area contributed by atoms with Gasteiger partial charge in [-0.2, -0.15) is 0 Å². The Bertz CT molecular complexity index is 647. The van der Waals surface area contributed by atoms with E-state index in [0.717, 1.165) is 29.0 Å². The van der Waals surface area contributed by atoms with E-state index in [-0.39, 0.29) is 11.9 Å². The summed E-state index contributed by atoms with van der Waals surface area (Å²) in [6.45, 7) is 8.47. The molecule has 4 nitrogen and oxygen atoms in total. The predicted molar refractivity (Wildman–Crippen MR) is 94.2 cm³/mol. The third-order valence-corrected chi connectivity index (χ3v) is 4.71. The molecule has 0 bridgehead atoms. The van der Waals surface area contributed by atoms with Crippen LogP contribution in [0.1, 0.15) is 35.0 Å². The summed E-state index contributed by atoms with van der Waals surface area (Å²) in [5, 5.41) is 2.99. The number of rotatable bonds is 7. The fraction of sp³-hybridized carbons (Fsp3) is 0.444. The van der Waals surface area contributed by atoms with E-state index in [0.29, 0.717) is 13.0 Å². The molecule has 23 heavy (non-hydrogen) atoms. The van der Waals surface area contributed by atoms with E-state index >= 15 is 0 Å². The van der Waals surface area contributed by atoms with Crippen molar-refractivity contribution < 1.29 is 9.53 Å². The number of hydrogen-bond donors (Lipinski definition) is 1. The summed E-state index contributed by atoms with van der Waals surface area (Å²) in [6, 6.07) is 6.06. The highest BCUT2D eigenvalue weighted by Gasteiger charge is 2.11. The standard InChI is InChI=1S/C18H24N2O2S/c1-12-6-5-7-13(2)18(12)22-10-14(3)20-17(21)9-8-16-15(4)19-11-23-16/h5-7,11,14H,8-10H2,1-4H3,(H,20,21)/t14-/m1/s1. The van der Waals surface area contributed by atoms with Crippen LogP contribution in [-0.2, 0) is 11.2 Å². The lowest BCUT2D eigenvalue weighted by atomic mass is 10.1. The van der Waals surface area contributed by atoms with E-state index < -0.39 is 0 Å². The summed E-state index contributed by atoms with van der Waals surface area (Å²) < 4.78 is 5.88. The van der Waals surface area contributed by atoms with Crippen LogP contribution in [0, 0.1) is 20.8 Å². The molecule has 1 aromatic carbocycles. The lowest BCUT2D eigenvalue weighted by Gasteiger charge is -2.17. The highest BCUT2D eigenvalue weighted by atomic mass is 32.1. The Kier molecular flexibility index (Phi) is 6.16. The van der Waals surface area contributed by atoms with E-state index in [4.69, 9.17) is 4.74 Å². The van der Waals surface area contributed by atoms with Gasteiger partial charge in [-0.3, -0.25) is 4.79 Å². The molecule has 2 rings (SSSR count). The van der Waals surface area contributed by atoms with E-state index in [9.17, 15) is 4.79 Å². The second-order valence-corrected chi connectivity index (χ2v) is 6.80. The van der Waals surface area contributed by atoms with Gasteiger partial charge in [0.25, 0.3) is 0 Å². The molecule has 0 saturated heterocycles. The van der Waals surface area contributed by atoms with Crippen LogP contribution in [0.25, 0.3) is 0 Å². The molecule has 1 aromatic heterocycles. The number of amides is 1. The first-order valence-corrected chi connectivity index (χ1v) is 8.72. The molecule has 1 N–H and O–H groups in total. The van der Waals surface area contributed by atoms with Crippen LogP contribution in [0.15, 0.2) is 23.7 Å². The number of hydrogen-bond acceptors (Lipinski definition) is 4. The van der Waals surface area contributed by atoms with Crippen molar-refractivity contribution in [2.45, 2.75) is 46.6 Å². The smallest absolute Gasteiger partial charge is 0.220 e. The molecule has 5 heteroatoms. The van der Waals surface area contributed by atoms with Crippen LogP contribution in [0.4, 0.5) is 0 Å². The molecule has 1 heterocycles. The number of ether oxygens (including phenoxy) is 1. The number of aromatic nitrogens is 1. The van der Waals surface area contributed by atoms with Gasteiger partial charge in [-0.05, 0) is 45.2 Å². The third-order valence-electron chi connectivity index (χ3n) is 3.72. The number of para-hydroxylation sites is 1. The van der Waals surface area contributed by atoms with Crippen LogP contribution in [0.3, 0.4) is 0 Å². The van der Waals surface area contributed by atoms with Crippen molar-refractivity contribution in [2.75, 3.05) is 6.61 Å². The summed E-state index contributed by atoms with van der Waals surface area (Å²) in [4.78, 5) is 17.4. The molecule has 1 atom stereocenters. The van der Waals surface area contributed by atoms with Crippen LogP contribution in [-0.4, -0.2) is 23.5 Å². The SMILES string of the molecule is Cc1cccc(C)c1OC[C@@H](C)NC(=O)CCc1scnc1C. The minimum Gasteiger partial charge on any atom is -0.491 e. The predicted octanol–water partition coefficient (Wildman–Crippen LogP) is 3.58. The van der Waals surface area contributed by atoms with Crippen LogP contribution >= 0.6 is 11.3 Å². The monoisotopic (exact) mass is 332 g/mol. The van der Waals surface area contributed by atoms with Crippen molar-refractivity contribution in [2.24, 2.45) is 0 Å². The van der Waals surface area contributed by atoms with E-state index in [2.05, 4.69) is 10.3 Å². The van der Waals surface area contributed by atoms with Gasteiger partial charge in [0.15, 0.2) is 0 Å². The first-order valence-electron chi connectivity index (χ1n) is 7.84. The summed E-state index contributed by atoms with van der Waals surface area (Å²) in [5.41, 5.74) is 5.08. The number of carbonyl (C=O) groups is 1. The number of benzene rings is 1. The second kappa shape index (κ2) is 8.11. The Morgan fingerprint density at radius 2 is 2.00 bits per heavy atom. The molecule has 2 aromatic rings. The van der Waals surface area contributed by atoms with Gasteiger partial charge >= 0.3 is 0 Å². The van der Waals surface area contributed by atoms with Gasteiger partial charge in [-0.15, -0.1) is 11.3 Å². The molecule has 0 fully saturated rings. The average Bonchev–Trinajstić information content (AvgIpc) is 2.90. The van der Waals surface area contributed by atoms with E-state index in [1.807, 2.05) is 51.4 Å². The van der Waals surface area contributed by atoms with Crippen molar-refractivity contribution in [1.82, 2.24) is 10.3 Å². The minimum absolute atomic E-state index is 0.0240. The zero-order chi connectivity index (χ0) is 16.8. The fourth-order valence-electron chi connectivity index (χ4n) is 2.42. The van der Waals surface area contributed by atoms with Gasteiger partial charge in [0, 0.05) is 11.3 Å². The van der Waals surface area contributed by atoms with Crippen molar-refractivity contribution in [3.05, 3.63) is 45.4 Å². The molecular formula is C18H24N2O2S. The highest BCUT2D eigenvalue weighted by molar-refractivity contribution is 7.09. The lowest BCUT2D eigenvalue weighted by molar-refractivity contribution is -0.121. The fourth-order valence-corrected chi connectivity index (χ4v) is 3.20. The topological polar surface area (TPSA) is 51.2 Å². The highest BCUT2D eigenvalue weighted by Crippen LogP contribution is 2.22. The van der Waals surface area contributed by atoms with Gasteiger partial charge in [-0.25, -0.2) is 4.98 Å². The van der Waals surface area contributed by atoms with Crippen molar-refractivity contribution in [3.8, 4) is 5.75 Å². The third kappa shape index (κ3) is 5.06. The normalized spacial score (nSPS) is 12.0. The molecule has 0 unspecified atom stereocenters.